The second-order valence-electron chi connectivity index (χ2n) is 8.75. The first-order valence-corrected chi connectivity index (χ1v) is 10.9. The Morgan fingerprint density at radius 1 is 1.20 bits per heavy atom. The second kappa shape index (κ2) is 9.29. The van der Waals surface area contributed by atoms with Gasteiger partial charge in [0.2, 0.25) is 5.76 Å². The van der Waals surface area contributed by atoms with Gasteiger partial charge in [0, 0.05) is 44.2 Å². The Balaban J connectivity index is 1.52. The number of aliphatic hydroxyl groups is 1. The number of nitrogens with one attached hydrogen (secondary N) is 1. The highest BCUT2D eigenvalue weighted by molar-refractivity contribution is 5.91. The van der Waals surface area contributed by atoms with Crippen LogP contribution in [-0.4, -0.2) is 77.7 Å². The van der Waals surface area contributed by atoms with Crippen LogP contribution < -0.4 is 5.32 Å². The van der Waals surface area contributed by atoms with E-state index in [-0.39, 0.29) is 29.2 Å². The maximum atomic E-state index is 12.5. The first-order valence-electron chi connectivity index (χ1n) is 10.9. The van der Waals surface area contributed by atoms with Crippen LogP contribution in [0.5, 0.6) is 0 Å². The maximum absolute atomic E-state index is 12.5. The van der Waals surface area contributed by atoms with Crippen molar-refractivity contribution in [1.29, 1.82) is 0 Å². The van der Waals surface area contributed by atoms with Crippen LogP contribution in [-0.2, 0) is 5.41 Å². The third-order valence-electron chi connectivity index (χ3n) is 6.92. The average Bonchev–Trinajstić information content (AvgIpc) is 3.26. The van der Waals surface area contributed by atoms with E-state index in [1.165, 1.54) is 18.2 Å². The summed E-state index contributed by atoms with van der Waals surface area (Å²) in [6, 6.07) is 10.6. The zero-order valence-corrected chi connectivity index (χ0v) is 17.7. The molecule has 1 aliphatic heterocycles. The highest BCUT2D eigenvalue weighted by Crippen LogP contribution is 2.39. The van der Waals surface area contributed by atoms with E-state index < -0.39 is 0 Å². The Kier molecular flexibility index (Phi) is 6.51. The van der Waals surface area contributed by atoms with Gasteiger partial charge in [-0.15, -0.1) is 0 Å². The lowest BCUT2D eigenvalue weighted by molar-refractivity contribution is 0.0200. The number of aromatic nitrogens is 1. The van der Waals surface area contributed by atoms with Crippen molar-refractivity contribution in [2.45, 2.75) is 43.2 Å². The Labute approximate surface area is 178 Å². The fourth-order valence-corrected chi connectivity index (χ4v) is 4.96. The predicted molar refractivity (Wildman–Crippen MR) is 114 cm³/mol. The standard InChI is InChI=1S/C23H32N4O3/c1-26-11-13-27(14-12-26)19-7-9-23(10-8-20(19)28,18-5-3-2-4-6-18)16-25-22(29)21-15-24-17-30-21/h2-6,15,17,19-20,28H,7-14,16H2,1H3,(H,25,29)/t19-,20-,23-/m0/s1. The molecule has 2 heterocycles. The summed E-state index contributed by atoms with van der Waals surface area (Å²) in [5, 5.41) is 14.1. The number of carbonyl (C=O) groups is 1. The van der Waals surface area contributed by atoms with Crippen LogP contribution in [0.25, 0.3) is 0 Å². The molecule has 2 aliphatic rings. The smallest absolute Gasteiger partial charge is 0.288 e. The summed E-state index contributed by atoms with van der Waals surface area (Å²) in [4.78, 5) is 21.1. The molecule has 0 spiro atoms. The number of aliphatic hydroxyl groups excluding tert-OH is 1. The Bertz CT molecular complexity index is 805. The summed E-state index contributed by atoms with van der Waals surface area (Å²) in [5.74, 6) is -0.0228. The van der Waals surface area contributed by atoms with E-state index in [1.807, 2.05) is 6.07 Å². The van der Waals surface area contributed by atoms with Gasteiger partial charge < -0.3 is 19.7 Å². The van der Waals surface area contributed by atoms with Gasteiger partial charge in [-0.3, -0.25) is 9.69 Å². The van der Waals surface area contributed by atoms with Crippen molar-refractivity contribution in [1.82, 2.24) is 20.1 Å². The molecule has 2 aromatic rings. The Hall–Kier alpha value is -2.22. The molecule has 0 bridgehead atoms. The number of likely N-dealkylation sites (N-methyl/N-ethyl adjacent to an activating group) is 1. The van der Waals surface area contributed by atoms with Crippen molar-refractivity contribution in [3.8, 4) is 0 Å². The number of amides is 1. The molecule has 1 aromatic heterocycles. The zero-order chi connectivity index (χ0) is 21.0. The van der Waals surface area contributed by atoms with Crippen LogP contribution in [0.2, 0.25) is 0 Å². The third kappa shape index (κ3) is 4.58. The van der Waals surface area contributed by atoms with Gasteiger partial charge in [-0.1, -0.05) is 30.3 Å². The molecular weight excluding hydrogens is 380 g/mol. The third-order valence-corrected chi connectivity index (χ3v) is 6.92. The molecule has 1 saturated carbocycles. The van der Waals surface area contributed by atoms with Crippen molar-refractivity contribution < 1.29 is 14.3 Å². The number of hydrogen-bond acceptors (Lipinski definition) is 6. The monoisotopic (exact) mass is 412 g/mol. The topological polar surface area (TPSA) is 81.8 Å². The Morgan fingerprint density at radius 2 is 1.93 bits per heavy atom. The maximum Gasteiger partial charge on any atom is 0.288 e. The van der Waals surface area contributed by atoms with Gasteiger partial charge in [-0.2, -0.15) is 0 Å². The minimum Gasteiger partial charge on any atom is -0.438 e. The van der Waals surface area contributed by atoms with Crippen LogP contribution in [0.3, 0.4) is 0 Å². The minimum absolute atomic E-state index is 0.175. The number of piperazine rings is 1. The lowest BCUT2D eigenvalue weighted by atomic mass is 9.74. The second-order valence-corrected chi connectivity index (χ2v) is 8.75. The van der Waals surface area contributed by atoms with E-state index in [0.717, 1.165) is 51.9 Å². The zero-order valence-electron chi connectivity index (χ0n) is 17.7. The van der Waals surface area contributed by atoms with Crippen molar-refractivity contribution in [2.24, 2.45) is 0 Å². The molecule has 30 heavy (non-hydrogen) atoms. The number of nitrogens with zero attached hydrogens (tertiary/aromatic N) is 3. The molecule has 1 amide bonds. The molecule has 3 atom stereocenters. The lowest BCUT2D eigenvalue weighted by Gasteiger charge is -2.39. The summed E-state index contributed by atoms with van der Waals surface area (Å²) in [7, 11) is 2.15. The first kappa shape index (κ1) is 21.0. The van der Waals surface area contributed by atoms with Gasteiger partial charge in [-0.25, -0.2) is 4.98 Å². The van der Waals surface area contributed by atoms with Crippen LogP contribution in [0.4, 0.5) is 0 Å². The highest BCUT2D eigenvalue weighted by atomic mass is 16.3. The number of rotatable bonds is 5. The van der Waals surface area contributed by atoms with Crippen LogP contribution in [0.15, 0.2) is 47.3 Å². The SMILES string of the molecule is CN1CCN([C@H]2CC[C@](CNC(=O)c3cnco3)(c3ccccc3)CC[C@@H]2O)CC1. The van der Waals surface area contributed by atoms with Crippen LogP contribution in [0.1, 0.15) is 41.8 Å². The highest BCUT2D eigenvalue weighted by Gasteiger charge is 2.40. The molecule has 0 radical (unpaired) electrons. The van der Waals surface area contributed by atoms with Crippen LogP contribution in [0, 0.1) is 0 Å². The van der Waals surface area contributed by atoms with E-state index in [1.54, 1.807) is 0 Å². The fourth-order valence-electron chi connectivity index (χ4n) is 4.96. The van der Waals surface area contributed by atoms with Gasteiger partial charge in [-0.05, 0) is 38.3 Å². The van der Waals surface area contributed by atoms with Gasteiger partial charge in [0.05, 0.1) is 12.3 Å². The normalized spacial score (nSPS) is 28.7. The van der Waals surface area contributed by atoms with Crippen molar-refractivity contribution in [2.75, 3.05) is 39.8 Å². The molecule has 0 unspecified atom stereocenters. The molecule has 7 heteroatoms. The summed E-state index contributed by atoms with van der Waals surface area (Å²) in [5.41, 5.74) is 1.01. The van der Waals surface area contributed by atoms with Gasteiger partial charge in [0.15, 0.2) is 6.39 Å². The molecule has 1 aromatic carbocycles. The predicted octanol–water partition coefficient (Wildman–Crippen LogP) is 1.89. The molecular formula is C23H32N4O3. The van der Waals surface area contributed by atoms with E-state index in [0.29, 0.717) is 6.54 Å². The minimum atomic E-state index is -0.344. The number of benzene rings is 1. The number of hydrogen-bond donors (Lipinski definition) is 2. The average molecular weight is 413 g/mol. The van der Waals surface area contributed by atoms with Crippen molar-refractivity contribution in [3.63, 3.8) is 0 Å². The molecule has 1 saturated heterocycles. The van der Waals surface area contributed by atoms with Gasteiger partial charge in [0.25, 0.3) is 5.91 Å². The number of carbonyl (C=O) groups excluding carboxylic acids is 1. The first-order chi connectivity index (χ1) is 14.6. The van der Waals surface area contributed by atoms with Crippen LogP contribution >= 0.6 is 0 Å². The molecule has 162 valence electrons. The number of oxazole rings is 1. The fraction of sp³-hybridized carbons (Fsp3) is 0.565. The van der Waals surface area contributed by atoms with E-state index in [2.05, 4.69) is 51.4 Å². The summed E-state index contributed by atoms with van der Waals surface area (Å²) < 4.78 is 5.15. The van der Waals surface area contributed by atoms with E-state index >= 15 is 0 Å². The van der Waals surface area contributed by atoms with Crippen molar-refractivity contribution >= 4 is 5.91 Å². The van der Waals surface area contributed by atoms with Crippen molar-refractivity contribution in [3.05, 3.63) is 54.2 Å². The Morgan fingerprint density at radius 3 is 2.63 bits per heavy atom. The quantitative estimate of drug-likeness (QED) is 0.730. The molecule has 2 fully saturated rings. The molecule has 1 aliphatic carbocycles. The van der Waals surface area contributed by atoms with E-state index in [4.69, 9.17) is 4.42 Å². The van der Waals surface area contributed by atoms with Gasteiger partial charge >= 0.3 is 0 Å². The summed E-state index contributed by atoms with van der Waals surface area (Å²) in [6.45, 7) is 4.59. The van der Waals surface area contributed by atoms with Gasteiger partial charge in [0.1, 0.15) is 0 Å². The molecule has 2 N–H and O–H groups in total. The largest absolute Gasteiger partial charge is 0.438 e. The summed E-state index contributed by atoms with van der Waals surface area (Å²) >= 11 is 0. The van der Waals surface area contributed by atoms with E-state index in [9.17, 15) is 9.90 Å². The molecule has 4 rings (SSSR count). The molecule has 7 nitrogen and oxygen atoms in total. The summed E-state index contributed by atoms with van der Waals surface area (Å²) in [6.07, 6.45) is 5.75. The lowest BCUT2D eigenvalue weighted by Crippen LogP contribution is -2.52.